The highest BCUT2D eigenvalue weighted by Gasteiger charge is 2.16. The summed E-state index contributed by atoms with van der Waals surface area (Å²) in [5, 5.41) is 0. The fourth-order valence-electron chi connectivity index (χ4n) is 1.65. The Kier molecular flexibility index (Phi) is 3.70. The van der Waals surface area contributed by atoms with Gasteiger partial charge >= 0.3 is 11.9 Å². The van der Waals surface area contributed by atoms with Crippen molar-refractivity contribution < 1.29 is 19.1 Å². The largest absolute Gasteiger partial charge is 0.461 e. The van der Waals surface area contributed by atoms with Crippen LogP contribution in [0.1, 0.15) is 19.4 Å². The molecular formula is C13H14N2O4. The number of benzene rings is 1. The maximum atomic E-state index is 11.6. The highest BCUT2D eigenvalue weighted by atomic mass is 16.5. The molecule has 0 unspecified atom stereocenters. The van der Waals surface area contributed by atoms with Crippen LogP contribution in [-0.2, 0) is 14.3 Å². The third-order valence-corrected chi connectivity index (χ3v) is 2.41. The monoisotopic (exact) mass is 262 g/mol. The Balaban J connectivity index is 2.26. The van der Waals surface area contributed by atoms with E-state index >= 15 is 0 Å². The second-order valence-corrected chi connectivity index (χ2v) is 3.87. The van der Waals surface area contributed by atoms with Crippen molar-refractivity contribution in [2.45, 2.75) is 13.8 Å². The second-order valence-electron chi connectivity index (χ2n) is 3.87. The summed E-state index contributed by atoms with van der Waals surface area (Å²) in [6.45, 7) is 3.37. The molecule has 1 aromatic rings. The molecule has 0 spiro atoms. The topological polar surface area (TPSA) is 76.7 Å². The smallest absolute Gasteiger partial charge is 0.356 e. The molecule has 0 atom stereocenters. The molecule has 1 heterocycles. The first-order valence-corrected chi connectivity index (χ1v) is 5.83. The van der Waals surface area contributed by atoms with Crippen molar-refractivity contribution in [3.05, 3.63) is 29.5 Å². The number of fused-ring (bicyclic) bond motifs is 1. The Morgan fingerprint density at radius 3 is 2.74 bits per heavy atom. The van der Waals surface area contributed by atoms with E-state index in [-0.39, 0.29) is 0 Å². The van der Waals surface area contributed by atoms with Crippen molar-refractivity contribution >= 4 is 23.7 Å². The summed E-state index contributed by atoms with van der Waals surface area (Å²) in [4.78, 5) is 22.5. The van der Waals surface area contributed by atoms with Crippen LogP contribution in [-0.4, -0.2) is 18.5 Å². The van der Waals surface area contributed by atoms with Crippen molar-refractivity contribution in [2.75, 3.05) is 12.0 Å². The fraction of sp³-hybridized carbons (Fsp3) is 0.231. The zero-order valence-corrected chi connectivity index (χ0v) is 10.6. The van der Waals surface area contributed by atoms with Crippen molar-refractivity contribution in [2.24, 2.45) is 0 Å². The summed E-state index contributed by atoms with van der Waals surface area (Å²) < 4.78 is 9.89. The summed E-state index contributed by atoms with van der Waals surface area (Å²) in [5.74, 6) is -0.413. The lowest BCUT2D eigenvalue weighted by Crippen LogP contribution is -2.30. The highest BCUT2D eigenvalue weighted by molar-refractivity contribution is 5.95. The van der Waals surface area contributed by atoms with Crippen molar-refractivity contribution in [1.29, 1.82) is 0 Å². The fourth-order valence-corrected chi connectivity index (χ4v) is 1.65. The second kappa shape index (κ2) is 5.43. The van der Waals surface area contributed by atoms with Gasteiger partial charge in [-0.3, -0.25) is 10.2 Å². The number of rotatable bonds is 3. The minimum absolute atomic E-state index is 0.300. The van der Waals surface area contributed by atoms with Crippen molar-refractivity contribution in [1.82, 2.24) is 5.43 Å². The molecule has 0 bridgehead atoms. The lowest BCUT2D eigenvalue weighted by molar-refractivity contribution is -0.138. The van der Waals surface area contributed by atoms with Gasteiger partial charge in [-0.2, -0.15) is 0 Å². The Bertz CT molecular complexity index is 552. The first-order chi connectivity index (χ1) is 9.10. The summed E-state index contributed by atoms with van der Waals surface area (Å²) in [6, 6.07) is 5.08. The average Bonchev–Trinajstić information content (AvgIpc) is 2.37. The van der Waals surface area contributed by atoms with Gasteiger partial charge in [-0.15, -0.1) is 0 Å². The average molecular weight is 262 g/mol. The Labute approximate surface area is 110 Å². The van der Waals surface area contributed by atoms with E-state index in [9.17, 15) is 9.59 Å². The number of nitrogens with one attached hydrogen (secondary N) is 2. The molecule has 1 aliphatic rings. The molecule has 2 N–H and O–H groups in total. The van der Waals surface area contributed by atoms with Crippen LogP contribution in [0.2, 0.25) is 0 Å². The minimum Gasteiger partial charge on any atom is -0.461 e. The summed E-state index contributed by atoms with van der Waals surface area (Å²) in [6.07, 6.45) is 1.64. The van der Waals surface area contributed by atoms with E-state index < -0.39 is 11.9 Å². The van der Waals surface area contributed by atoms with Crippen LogP contribution < -0.4 is 15.6 Å². The Morgan fingerprint density at radius 2 is 2.05 bits per heavy atom. The van der Waals surface area contributed by atoms with Gasteiger partial charge in [0.1, 0.15) is 11.4 Å². The van der Waals surface area contributed by atoms with Crippen LogP contribution in [0.3, 0.4) is 0 Å². The number of carbonyl (C=O) groups excluding carboxylic acids is 2. The van der Waals surface area contributed by atoms with Crippen LogP contribution >= 0.6 is 0 Å². The molecule has 2 rings (SSSR count). The number of hydrazine groups is 1. The molecule has 0 radical (unpaired) electrons. The molecule has 1 aromatic carbocycles. The number of ether oxygens (including phenoxy) is 2. The standard InChI is InChI=1S/C13H14N2O4/c1-3-18-13(17)12-7-9-6-10(19-8(2)16)4-5-11(9)14-15-12/h4-7,14-15H,3H2,1-2H3. The quantitative estimate of drug-likeness (QED) is 0.634. The predicted octanol–water partition coefficient (Wildman–Crippen LogP) is 1.45. The lowest BCUT2D eigenvalue weighted by atomic mass is 10.1. The minimum atomic E-state index is -0.446. The van der Waals surface area contributed by atoms with Gasteiger partial charge in [0.05, 0.1) is 12.3 Å². The van der Waals surface area contributed by atoms with E-state index in [1.165, 1.54) is 6.92 Å². The van der Waals surface area contributed by atoms with E-state index in [1.54, 1.807) is 31.2 Å². The van der Waals surface area contributed by atoms with Gasteiger partial charge < -0.3 is 14.9 Å². The van der Waals surface area contributed by atoms with Gasteiger partial charge in [-0.1, -0.05) is 0 Å². The molecule has 100 valence electrons. The molecule has 19 heavy (non-hydrogen) atoms. The van der Waals surface area contributed by atoms with E-state index in [0.717, 1.165) is 11.3 Å². The summed E-state index contributed by atoms with van der Waals surface area (Å²) >= 11 is 0. The van der Waals surface area contributed by atoms with Gasteiger partial charge in [0.2, 0.25) is 0 Å². The molecule has 0 aliphatic carbocycles. The number of hydrogen-bond acceptors (Lipinski definition) is 6. The first kappa shape index (κ1) is 12.9. The summed E-state index contributed by atoms with van der Waals surface area (Å²) in [5.41, 5.74) is 7.44. The van der Waals surface area contributed by atoms with Crippen LogP contribution in [0.25, 0.3) is 6.08 Å². The molecular weight excluding hydrogens is 248 g/mol. The maximum absolute atomic E-state index is 11.6. The zero-order valence-electron chi connectivity index (χ0n) is 10.6. The van der Waals surface area contributed by atoms with Gasteiger partial charge in [0.25, 0.3) is 0 Å². The highest BCUT2D eigenvalue weighted by Crippen LogP contribution is 2.26. The van der Waals surface area contributed by atoms with Crippen LogP contribution in [0, 0.1) is 0 Å². The van der Waals surface area contributed by atoms with Gasteiger partial charge in [-0.05, 0) is 31.2 Å². The SMILES string of the molecule is CCOC(=O)C1=Cc2cc(OC(C)=O)ccc2NN1. The van der Waals surface area contributed by atoms with Gasteiger partial charge in [-0.25, -0.2) is 4.79 Å². The number of carbonyl (C=O) groups is 2. The number of esters is 2. The van der Waals surface area contributed by atoms with Crippen LogP contribution in [0.5, 0.6) is 5.75 Å². The maximum Gasteiger partial charge on any atom is 0.356 e. The third-order valence-electron chi connectivity index (χ3n) is 2.41. The molecule has 0 saturated heterocycles. The number of anilines is 1. The van der Waals surface area contributed by atoms with Crippen LogP contribution in [0.15, 0.2) is 23.9 Å². The summed E-state index contributed by atoms with van der Waals surface area (Å²) in [7, 11) is 0. The zero-order chi connectivity index (χ0) is 13.8. The molecule has 1 aliphatic heterocycles. The predicted molar refractivity (Wildman–Crippen MR) is 69.1 cm³/mol. The van der Waals surface area contributed by atoms with E-state index in [1.807, 2.05) is 0 Å². The van der Waals surface area contributed by atoms with E-state index in [0.29, 0.717) is 18.1 Å². The normalized spacial score (nSPS) is 12.4. The van der Waals surface area contributed by atoms with E-state index in [4.69, 9.17) is 9.47 Å². The van der Waals surface area contributed by atoms with E-state index in [2.05, 4.69) is 10.9 Å². The third kappa shape index (κ3) is 3.04. The molecule has 6 heteroatoms. The van der Waals surface area contributed by atoms with Crippen LogP contribution in [0.4, 0.5) is 5.69 Å². The van der Waals surface area contributed by atoms with Crippen molar-refractivity contribution in [3.8, 4) is 5.75 Å². The first-order valence-electron chi connectivity index (χ1n) is 5.83. The molecule has 0 saturated carbocycles. The molecule has 6 nitrogen and oxygen atoms in total. The van der Waals surface area contributed by atoms with Gasteiger partial charge in [0.15, 0.2) is 0 Å². The molecule has 0 fully saturated rings. The molecule has 0 amide bonds. The lowest BCUT2D eigenvalue weighted by Gasteiger charge is -2.19. The molecule has 0 aromatic heterocycles. The van der Waals surface area contributed by atoms with Crippen molar-refractivity contribution in [3.63, 3.8) is 0 Å². The Hall–Kier alpha value is -2.50. The van der Waals surface area contributed by atoms with Gasteiger partial charge in [0, 0.05) is 12.5 Å². The Morgan fingerprint density at radius 1 is 1.26 bits per heavy atom. The number of hydrogen-bond donors (Lipinski definition) is 2.